The molecular formula is C15H18N2S. The quantitative estimate of drug-likeness (QED) is 0.772. The van der Waals surface area contributed by atoms with E-state index in [1.54, 1.807) is 6.20 Å². The Hall–Kier alpha value is -1.32. The van der Waals surface area contributed by atoms with Crippen molar-refractivity contribution in [2.45, 2.75) is 12.3 Å². The number of thioether (sulfide) groups is 1. The molecule has 0 bridgehead atoms. The normalized spacial score (nSPS) is 10.4. The number of rotatable bonds is 7. The van der Waals surface area contributed by atoms with Crippen molar-refractivity contribution in [2.75, 3.05) is 12.3 Å². The second-order valence-electron chi connectivity index (χ2n) is 4.08. The van der Waals surface area contributed by atoms with Crippen LogP contribution in [-0.2, 0) is 12.3 Å². The van der Waals surface area contributed by atoms with Crippen LogP contribution in [0.15, 0.2) is 54.9 Å². The van der Waals surface area contributed by atoms with Crippen molar-refractivity contribution < 1.29 is 0 Å². The van der Waals surface area contributed by atoms with E-state index >= 15 is 0 Å². The fourth-order valence-corrected chi connectivity index (χ4v) is 2.51. The number of pyridine rings is 1. The van der Waals surface area contributed by atoms with Gasteiger partial charge in [-0.1, -0.05) is 36.4 Å². The van der Waals surface area contributed by atoms with Crippen LogP contribution in [0, 0.1) is 0 Å². The smallest absolute Gasteiger partial charge is 0.0312 e. The lowest BCUT2D eigenvalue weighted by molar-refractivity contribution is 0.729. The molecule has 0 aliphatic carbocycles. The predicted molar refractivity (Wildman–Crippen MR) is 78.5 cm³/mol. The molecule has 0 aliphatic rings. The molecule has 1 N–H and O–H groups in total. The molecule has 0 saturated carbocycles. The summed E-state index contributed by atoms with van der Waals surface area (Å²) in [6.45, 7) is 1.94. The van der Waals surface area contributed by atoms with Crippen LogP contribution in [0.2, 0.25) is 0 Å². The minimum absolute atomic E-state index is 0.903. The van der Waals surface area contributed by atoms with Crippen molar-refractivity contribution in [3.05, 3.63) is 66.0 Å². The highest BCUT2D eigenvalue weighted by atomic mass is 32.2. The number of hydrogen-bond acceptors (Lipinski definition) is 3. The Labute approximate surface area is 113 Å². The van der Waals surface area contributed by atoms with Gasteiger partial charge in [0.05, 0.1) is 0 Å². The van der Waals surface area contributed by atoms with Crippen molar-refractivity contribution in [3.8, 4) is 0 Å². The lowest BCUT2D eigenvalue weighted by Gasteiger charge is -2.04. The van der Waals surface area contributed by atoms with E-state index in [0.717, 1.165) is 24.6 Å². The summed E-state index contributed by atoms with van der Waals surface area (Å²) < 4.78 is 0. The van der Waals surface area contributed by atoms with Gasteiger partial charge in [-0.05, 0) is 17.2 Å². The lowest BCUT2D eigenvalue weighted by Crippen LogP contribution is -2.16. The van der Waals surface area contributed by atoms with Gasteiger partial charge >= 0.3 is 0 Å². The summed E-state index contributed by atoms with van der Waals surface area (Å²) in [4.78, 5) is 4.09. The van der Waals surface area contributed by atoms with E-state index in [1.165, 1.54) is 11.1 Å². The summed E-state index contributed by atoms with van der Waals surface area (Å²) in [5.41, 5.74) is 2.64. The molecule has 2 rings (SSSR count). The van der Waals surface area contributed by atoms with Crippen molar-refractivity contribution >= 4 is 11.8 Å². The summed E-state index contributed by atoms with van der Waals surface area (Å²) in [5, 5.41) is 3.43. The van der Waals surface area contributed by atoms with E-state index in [9.17, 15) is 0 Å². The van der Waals surface area contributed by atoms with Gasteiger partial charge in [0, 0.05) is 37.0 Å². The Kier molecular flexibility index (Phi) is 5.76. The van der Waals surface area contributed by atoms with Gasteiger partial charge in [-0.3, -0.25) is 4.98 Å². The Morgan fingerprint density at radius 2 is 1.83 bits per heavy atom. The highest BCUT2D eigenvalue weighted by molar-refractivity contribution is 7.98. The third kappa shape index (κ3) is 4.90. The third-order valence-electron chi connectivity index (χ3n) is 2.59. The zero-order valence-electron chi connectivity index (χ0n) is 10.4. The maximum atomic E-state index is 4.09. The summed E-state index contributed by atoms with van der Waals surface area (Å²) >= 11 is 1.96. The number of hydrogen-bond donors (Lipinski definition) is 1. The Morgan fingerprint density at radius 1 is 1.00 bits per heavy atom. The van der Waals surface area contributed by atoms with Crippen LogP contribution in [0.4, 0.5) is 0 Å². The molecular weight excluding hydrogens is 240 g/mol. The first-order chi connectivity index (χ1) is 8.95. The molecule has 0 radical (unpaired) electrons. The van der Waals surface area contributed by atoms with Gasteiger partial charge in [-0.25, -0.2) is 0 Å². The Morgan fingerprint density at radius 3 is 2.61 bits per heavy atom. The molecule has 1 aromatic heterocycles. The second-order valence-corrected chi connectivity index (χ2v) is 5.18. The van der Waals surface area contributed by atoms with Crippen LogP contribution >= 0.6 is 11.8 Å². The minimum Gasteiger partial charge on any atom is -0.312 e. The first-order valence-corrected chi connectivity index (χ1v) is 7.32. The zero-order chi connectivity index (χ0) is 12.5. The van der Waals surface area contributed by atoms with Crippen LogP contribution in [-0.4, -0.2) is 17.3 Å². The molecule has 2 nitrogen and oxygen atoms in total. The van der Waals surface area contributed by atoms with E-state index < -0.39 is 0 Å². The first kappa shape index (κ1) is 13.1. The van der Waals surface area contributed by atoms with Crippen LogP contribution in [0.1, 0.15) is 11.1 Å². The number of benzene rings is 1. The molecule has 0 amide bonds. The summed E-state index contributed by atoms with van der Waals surface area (Å²) in [5.74, 6) is 2.23. The minimum atomic E-state index is 0.903. The summed E-state index contributed by atoms with van der Waals surface area (Å²) in [7, 11) is 0. The SMILES string of the molecule is c1ccc(CSCCNCc2cccnc2)cc1. The fraction of sp³-hybridized carbons (Fsp3) is 0.267. The van der Waals surface area contributed by atoms with Gasteiger partial charge in [0.1, 0.15) is 0 Å². The second kappa shape index (κ2) is 7.90. The molecule has 1 aromatic carbocycles. The average molecular weight is 258 g/mol. The maximum Gasteiger partial charge on any atom is 0.0312 e. The van der Waals surface area contributed by atoms with Gasteiger partial charge in [0.25, 0.3) is 0 Å². The monoisotopic (exact) mass is 258 g/mol. The molecule has 0 atom stereocenters. The van der Waals surface area contributed by atoms with Gasteiger partial charge in [0.2, 0.25) is 0 Å². The topological polar surface area (TPSA) is 24.9 Å². The Balaban J connectivity index is 1.54. The van der Waals surface area contributed by atoms with E-state index in [2.05, 4.69) is 46.7 Å². The van der Waals surface area contributed by atoms with Crippen LogP contribution in [0.3, 0.4) is 0 Å². The number of aromatic nitrogens is 1. The molecule has 0 fully saturated rings. The highest BCUT2D eigenvalue weighted by Gasteiger charge is 1.94. The number of nitrogens with zero attached hydrogens (tertiary/aromatic N) is 1. The lowest BCUT2D eigenvalue weighted by atomic mass is 10.2. The third-order valence-corrected chi connectivity index (χ3v) is 3.62. The average Bonchev–Trinajstić information content (AvgIpc) is 2.45. The standard InChI is InChI=1S/C15H18N2S/c1-2-5-14(6-3-1)13-18-10-9-17-12-15-7-4-8-16-11-15/h1-8,11,17H,9-10,12-13H2. The molecule has 18 heavy (non-hydrogen) atoms. The number of nitrogens with one attached hydrogen (secondary N) is 1. The molecule has 0 unspecified atom stereocenters. The van der Waals surface area contributed by atoms with Gasteiger partial charge in [-0.15, -0.1) is 0 Å². The summed E-state index contributed by atoms with van der Waals surface area (Å²) in [6, 6.07) is 14.7. The van der Waals surface area contributed by atoms with Crippen LogP contribution in [0.5, 0.6) is 0 Å². The van der Waals surface area contributed by atoms with Gasteiger partial charge in [0.15, 0.2) is 0 Å². The molecule has 3 heteroatoms. The van der Waals surface area contributed by atoms with Gasteiger partial charge in [-0.2, -0.15) is 11.8 Å². The summed E-state index contributed by atoms with van der Waals surface area (Å²) in [6.07, 6.45) is 3.71. The molecule has 2 aromatic rings. The highest BCUT2D eigenvalue weighted by Crippen LogP contribution is 2.10. The first-order valence-electron chi connectivity index (χ1n) is 6.16. The Bertz CT molecular complexity index is 387. The molecule has 1 heterocycles. The van der Waals surface area contributed by atoms with Crippen molar-refractivity contribution in [3.63, 3.8) is 0 Å². The molecule has 0 aliphatic heterocycles. The molecule has 94 valence electrons. The fourth-order valence-electron chi connectivity index (χ4n) is 1.64. The molecule has 0 spiro atoms. The van der Waals surface area contributed by atoms with Crippen molar-refractivity contribution in [1.29, 1.82) is 0 Å². The van der Waals surface area contributed by atoms with Crippen LogP contribution < -0.4 is 5.32 Å². The van der Waals surface area contributed by atoms with Crippen LogP contribution in [0.25, 0.3) is 0 Å². The molecule has 0 saturated heterocycles. The largest absolute Gasteiger partial charge is 0.312 e. The van der Waals surface area contributed by atoms with Gasteiger partial charge < -0.3 is 5.32 Å². The maximum absolute atomic E-state index is 4.09. The van der Waals surface area contributed by atoms with E-state index in [-0.39, 0.29) is 0 Å². The van der Waals surface area contributed by atoms with E-state index in [1.807, 2.05) is 24.0 Å². The van der Waals surface area contributed by atoms with Crippen molar-refractivity contribution in [1.82, 2.24) is 10.3 Å². The predicted octanol–water partition coefficient (Wildman–Crippen LogP) is 3.10. The van der Waals surface area contributed by atoms with E-state index in [0.29, 0.717) is 0 Å². The van der Waals surface area contributed by atoms with E-state index in [4.69, 9.17) is 0 Å². The van der Waals surface area contributed by atoms with Crippen molar-refractivity contribution in [2.24, 2.45) is 0 Å². The zero-order valence-corrected chi connectivity index (χ0v) is 11.2.